The van der Waals surface area contributed by atoms with Crippen LogP contribution in [0.3, 0.4) is 0 Å². The minimum Gasteiger partial charge on any atom is -0.385 e. The highest BCUT2D eigenvalue weighted by atomic mass is 32.2. The number of primary amides is 1. The van der Waals surface area contributed by atoms with Crippen molar-refractivity contribution in [2.75, 3.05) is 32.6 Å². The highest BCUT2D eigenvalue weighted by Crippen LogP contribution is 2.33. The molecule has 2 heterocycles. The van der Waals surface area contributed by atoms with E-state index in [1.54, 1.807) is 0 Å². The Balaban J connectivity index is 2.27. The van der Waals surface area contributed by atoms with Crippen molar-refractivity contribution < 1.29 is 22.7 Å². The highest BCUT2D eigenvalue weighted by molar-refractivity contribution is 7.91. The number of nitrogens with two attached hydrogens (primary N) is 1. The molecule has 0 aliphatic rings. The normalized spacial score (nSPS) is 11.7. The van der Waals surface area contributed by atoms with Gasteiger partial charge in [-0.3, -0.25) is 14.7 Å². The Morgan fingerprint density at radius 1 is 1.46 bits per heavy atom. The number of aromatic nitrogens is 2. The Hall–Kier alpha value is -2.28. The van der Waals surface area contributed by atoms with Gasteiger partial charge in [0.15, 0.2) is 0 Å². The standard InChI is InChI=1S/C14H19N5O5S2/c1-19(6-3-7-24-2)26(22,23)11-8-9(12(15)20)14(25-11)17-13(21)10-4-5-16-18-10/h4-5,8H,3,6-7H2,1-2H3,(H2,15,20)(H,16,18)(H,17,21). The molecule has 12 heteroatoms. The number of sulfonamides is 1. The summed E-state index contributed by atoms with van der Waals surface area (Å²) in [4.78, 5) is 23.7. The lowest BCUT2D eigenvalue weighted by Crippen LogP contribution is -2.28. The number of H-pyrrole nitrogens is 1. The summed E-state index contributed by atoms with van der Waals surface area (Å²) in [6, 6.07) is 2.60. The molecule has 0 aliphatic carbocycles. The summed E-state index contributed by atoms with van der Waals surface area (Å²) in [5, 5.41) is 8.74. The first-order chi connectivity index (χ1) is 12.3. The van der Waals surface area contributed by atoms with Gasteiger partial charge in [-0.2, -0.15) is 5.10 Å². The summed E-state index contributed by atoms with van der Waals surface area (Å²) in [6.45, 7) is 0.663. The molecule has 2 aromatic rings. The zero-order valence-corrected chi connectivity index (χ0v) is 15.8. The lowest BCUT2D eigenvalue weighted by atomic mass is 10.3. The van der Waals surface area contributed by atoms with Crippen molar-refractivity contribution in [3.8, 4) is 0 Å². The average Bonchev–Trinajstić information content (AvgIpc) is 3.24. The summed E-state index contributed by atoms with van der Waals surface area (Å²) in [5.74, 6) is -1.44. The number of carbonyl (C=O) groups excluding carboxylic acids is 2. The number of aromatic amines is 1. The highest BCUT2D eigenvalue weighted by Gasteiger charge is 2.27. The number of nitrogens with one attached hydrogen (secondary N) is 2. The van der Waals surface area contributed by atoms with E-state index in [1.807, 2.05) is 0 Å². The zero-order chi connectivity index (χ0) is 19.3. The molecule has 0 saturated heterocycles. The van der Waals surface area contributed by atoms with Crippen molar-refractivity contribution in [2.24, 2.45) is 5.73 Å². The second-order valence-electron chi connectivity index (χ2n) is 5.26. The summed E-state index contributed by atoms with van der Waals surface area (Å²) < 4.78 is 31.3. The summed E-state index contributed by atoms with van der Waals surface area (Å²) in [7, 11) is -0.873. The van der Waals surface area contributed by atoms with E-state index >= 15 is 0 Å². The Kier molecular flexibility index (Phi) is 6.47. The van der Waals surface area contributed by atoms with Gasteiger partial charge >= 0.3 is 0 Å². The lowest BCUT2D eigenvalue weighted by Gasteiger charge is -2.15. The second-order valence-corrected chi connectivity index (χ2v) is 8.58. The van der Waals surface area contributed by atoms with Crippen LogP contribution < -0.4 is 11.1 Å². The van der Waals surface area contributed by atoms with E-state index in [4.69, 9.17) is 10.5 Å². The molecule has 0 spiro atoms. The second kappa shape index (κ2) is 8.40. The molecule has 0 saturated carbocycles. The number of amides is 2. The van der Waals surface area contributed by atoms with Gasteiger partial charge in [0.1, 0.15) is 14.9 Å². The van der Waals surface area contributed by atoms with Gasteiger partial charge in [0.2, 0.25) is 0 Å². The molecule has 2 amide bonds. The third-order valence-electron chi connectivity index (χ3n) is 3.42. The van der Waals surface area contributed by atoms with E-state index in [-0.39, 0.29) is 27.0 Å². The van der Waals surface area contributed by atoms with E-state index < -0.39 is 21.8 Å². The first-order valence-corrected chi connectivity index (χ1v) is 9.73. The van der Waals surface area contributed by atoms with Crippen molar-refractivity contribution in [1.82, 2.24) is 14.5 Å². The molecule has 0 aromatic carbocycles. The molecule has 0 bridgehead atoms. The molecule has 0 atom stereocenters. The van der Waals surface area contributed by atoms with Crippen molar-refractivity contribution in [3.05, 3.63) is 29.6 Å². The van der Waals surface area contributed by atoms with Crippen molar-refractivity contribution in [1.29, 1.82) is 0 Å². The van der Waals surface area contributed by atoms with E-state index in [0.29, 0.717) is 13.0 Å². The van der Waals surface area contributed by atoms with Crippen molar-refractivity contribution in [3.63, 3.8) is 0 Å². The molecule has 4 N–H and O–H groups in total. The van der Waals surface area contributed by atoms with Gasteiger partial charge in [0, 0.05) is 33.5 Å². The number of hydrogen-bond donors (Lipinski definition) is 3. The maximum atomic E-state index is 12.6. The van der Waals surface area contributed by atoms with Crippen LogP contribution in [0.25, 0.3) is 0 Å². The van der Waals surface area contributed by atoms with Gasteiger partial charge < -0.3 is 15.8 Å². The number of anilines is 1. The third kappa shape index (κ3) is 4.46. The molecule has 10 nitrogen and oxygen atoms in total. The first kappa shape index (κ1) is 20.0. The molecule has 26 heavy (non-hydrogen) atoms. The maximum absolute atomic E-state index is 12.6. The lowest BCUT2D eigenvalue weighted by molar-refractivity contribution is 0.100. The number of rotatable bonds is 9. The predicted molar refractivity (Wildman–Crippen MR) is 95.7 cm³/mol. The molecule has 2 rings (SSSR count). The quantitative estimate of drug-likeness (QED) is 0.521. The number of nitrogens with zero attached hydrogens (tertiary/aromatic N) is 2. The smallest absolute Gasteiger partial charge is 0.276 e. The Morgan fingerprint density at radius 3 is 2.77 bits per heavy atom. The van der Waals surface area contributed by atoms with Crippen molar-refractivity contribution >= 4 is 38.2 Å². The van der Waals surface area contributed by atoms with E-state index in [1.165, 1.54) is 26.4 Å². The van der Waals surface area contributed by atoms with Gasteiger partial charge in [0.25, 0.3) is 21.8 Å². The molecular weight excluding hydrogens is 382 g/mol. The summed E-state index contributed by atoms with van der Waals surface area (Å²) in [5.41, 5.74) is 5.32. The average molecular weight is 401 g/mol. The maximum Gasteiger partial charge on any atom is 0.276 e. The largest absolute Gasteiger partial charge is 0.385 e. The van der Waals surface area contributed by atoms with Crippen LogP contribution in [0, 0.1) is 0 Å². The summed E-state index contributed by atoms with van der Waals surface area (Å²) in [6.07, 6.45) is 1.98. The van der Waals surface area contributed by atoms with Crippen LogP contribution in [0.5, 0.6) is 0 Å². The number of thiophene rings is 1. The molecule has 0 aliphatic heterocycles. The van der Waals surface area contributed by atoms with Crippen LogP contribution in [0.15, 0.2) is 22.5 Å². The summed E-state index contributed by atoms with van der Waals surface area (Å²) >= 11 is 0.756. The van der Waals surface area contributed by atoms with E-state index in [2.05, 4.69) is 15.5 Å². The minimum absolute atomic E-state index is 0.0503. The molecule has 0 fully saturated rings. The fraction of sp³-hybridized carbons (Fsp3) is 0.357. The molecule has 0 unspecified atom stereocenters. The molecule has 2 aromatic heterocycles. The van der Waals surface area contributed by atoms with Crippen LogP contribution in [0.2, 0.25) is 0 Å². The number of carbonyl (C=O) groups is 2. The Bertz CT molecular complexity index is 876. The number of methoxy groups -OCH3 is 1. The fourth-order valence-corrected chi connectivity index (χ4v) is 4.82. The van der Waals surface area contributed by atoms with Gasteiger partial charge in [-0.15, -0.1) is 11.3 Å². The fourth-order valence-electron chi connectivity index (χ4n) is 2.03. The van der Waals surface area contributed by atoms with Crippen LogP contribution in [-0.4, -0.2) is 62.0 Å². The van der Waals surface area contributed by atoms with Crippen LogP contribution in [0.1, 0.15) is 27.3 Å². The molecule has 142 valence electrons. The molecule has 0 radical (unpaired) electrons. The van der Waals surface area contributed by atoms with Gasteiger partial charge in [-0.05, 0) is 18.6 Å². The number of ether oxygens (including phenoxy) is 1. The predicted octanol–water partition coefficient (Wildman–Crippen LogP) is 0.479. The van der Waals surface area contributed by atoms with E-state index in [9.17, 15) is 18.0 Å². The first-order valence-electron chi connectivity index (χ1n) is 7.47. The zero-order valence-electron chi connectivity index (χ0n) is 14.2. The SMILES string of the molecule is COCCCN(C)S(=O)(=O)c1cc(C(N)=O)c(NC(=O)c2cc[nH]n2)s1. The Morgan fingerprint density at radius 2 is 2.19 bits per heavy atom. The van der Waals surface area contributed by atoms with E-state index in [0.717, 1.165) is 21.7 Å². The topological polar surface area (TPSA) is 147 Å². The van der Waals surface area contributed by atoms with Gasteiger partial charge in [0.05, 0.1) is 5.56 Å². The Labute approximate surface area is 154 Å². The van der Waals surface area contributed by atoms with Gasteiger partial charge in [-0.25, -0.2) is 12.7 Å². The minimum atomic E-state index is -3.83. The van der Waals surface area contributed by atoms with Crippen LogP contribution in [0.4, 0.5) is 5.00 Å². The van der Waals surface area contributed by atoms with Gasteiger partial charge in [-0.1, -0.05) is 0 Å². The molecular formula is C14H19N5O5S2. The monoisotopic (exact) mass is 401 g/mol. The van der Waals surface area contributed by atoms with Crippen molar-refractivity contribution in [2.45, 2.75) is 10.6 Å². The number of hydrogen-bond acceptors (Lipinski definition) is 7. The van der Waals surface area contributed by atoms with Crippen LogP contribution in [-0.2, 0) is 14.8 Å². The third-order valence-corrected chi connectivity index (χ3v) is 6.78. The van der Waals surface area contributed by atoms with Crippen LogP contribution >= 0.6 is 11.3 Å².